The molecule has 1 fully saturated rings. The summed E-state index contributed by atoms with van der Waals surface area (Å²) in [5.41, 5.74) is 0.951. The summed E-state index contributed by atoms with van der Waals surface area (Å²) < 4.78 is 30.9. The van der Waals surface area contributed by atoms with E-state index in [4.69, 9.17) is 4.74 Å². The molecule has 1 aliphatic heterocycles. The summed E-state index contributed by atoms with van der Waals surface area (Å²) >= 11 is 0. The number of ether oxygens (including phenoxy) is 1. The van der Waals surface area contributed by atoms with Gasteiger partial charge in [0.1, 0.15) is 0 Å². The lowest BCUT2D eigenvalue weighted by Crippen LogP contribution is -2.46. The van der Waals surface area contributed by atoms with Gasteiger partial charge in [-0.15, -0.1) is 0 Å². The van der Waals surface area contributed by atoms with Crippen molar-refractivity contribution < 1.29 is 17.9 Å². The number of hydrogen-bond acceptors (Lipinski definition) is 5. The van der Waals surface area contributed by atoms with Crippen LogP contribution >= 0.6 is 0 Å². The maximum Gasteiger partial charge on any atom is 0.309 e. The standard InChI is InChI=1S/C18H28N4O4S/c1-4-26-17(23)15-9-11-22(12-10-15)18(19-2)21-13-14-5-7-16(8-6-14)27(24,25)20-3/h5-8,15,20H,4,9-13H2,1-3H3,(H,19,21). The van der Waals surface area contributed by atoms with Crippen LogP contribution in [0.15, 0.2) is 34.2 Å². The first-order valence-electron chi connectivity index (χ1n) is 9.06. The number of nitrogens with zero attached hydrogens (tertiary/aromatic N) is 2. The lowest BCUT2D eigenvalue weighted by Gasteiger charge is -2.33. The monoisotopic (exact) mass is 396 g/mol. The van der Waals surface area contributed by atoms with Gasteiger partial charge in [-0.05, 0) is 44.5 Å². The number of sulfonamides is 1. The van der Waals surface area contributed by atoms with Crippen LogP contribution in [-0.2, 0) is 26.1 Å². The number of esters is 1. The summed E-state index contributed by atoms with van der Waals surface area (Å²) in [5, 5.41) is 3.29. The molecule has 0 unspecified atom stereocenters. The number of guanidine groups is 1. The van der Waals surface area contributed by atoms with Crippen molar-refractivity contribution in [2.45, 2.75) is 31.2 Å². The molecule has 0 radical (unpaired) electrons. The Balaban J connectivity index is 1.89. The fraction of sp³-hybridized carbons (Fsp3) is 0.556. The zero-order valence-corrected chi connectivity index (χ0v) is 16.9. The minimum absolute atomic E-state index is 0.0408. The molecule has 0 spiro atoms. The van der Waals surface area contributed by atoms with Gasteiger partial charge >= 0.3 is 5.97 Å². The molecule has 0 aromatic heterocycles. The largest absolute Gasteiger partial charge is 0.466 e. The third-order valence-electron chi connectivity index (χ3n) is 4.58. The van der Waals surface area contributed by atoms with Crippen molar-refractivity contribution in [2.24, 2.45) is 10.9 Å². The average Bonchev–Trinajstić information content (AvgIpc) is 2.69. The number of hydrogen-bond donors (Lipinski definition) is 2. The van der Waals surface area contributed by atoms with Crippen LogP contribution in [0.1, 0.15) is 25.3 Å². The minimum Gasteiger partial charge on any atom is -0.466 e. The lowest BCUT2D eigenvalue weighted by atomic mass is 9.97. The van der Waals surface area contributed by atoms with Crippen LogP contribution in [0.2, 0.25) is 0 Å². The predicted molar refractivity (Wildman–Crippen MR) is 104 cm³/mol. The molecule has 1 aliphatic rings. The predicted octanol–water partition coefficient (Wildman–Crippen LogP) is 0.945. The highest BCUT2D eigenvalue weighted by molar-refractivity contribution is 7.89. The number of aliphatic imine (C=N–C) groups is 1. The highest BCUT2D eigenvalue weighted by atomic mass is 32.2. The number of rotatable bonds is 6. The van der Waals surface area contributed by atoms with Crippen LogP contribution in [0.4, 0.5) is 0 Å². The lowest BCUT2D eigenvalue weighted by molar-refractivity contribution is -0.149. The van der Waals surface area contributed by atoms with E-state index in [1.165, 1.54) is 7.05 Å². The first-order chi connectivity index (χ1) is 12.9. The molecule has 1 heterocycles. The Morgan fingerprint density at radius 2 is 1.89 bits per heavy atom. The van der Waals surface area contributed by atoms with Gasteiger partial charge in [-0.3, -0.25) is 9.79 Å². The van der Waals surface area contributed by atoms with E-state index in [0.717, 1.165) is 37.5 Å². The van der Waals surface area contributed by atoms with Crippen LogP contribution in [-0.4, -0.2) is 59.0 Å². The van der Waals surface area contributed by atoms with E-state index in [9.17, 15) is 13.2 Å². The molecule has 9 heteroatoms. The number of likely N-dealkylation sites (tertiary alicyclic amines) is 1. The first-order valence-corrected chi connectivity index (χ1v) is 10.5. The van der Waals surface area contributed by atoms with E-state index < -0.39 is 10.0 Å². The van der Waals surface area contributed by atoms with E-state index in [1.807, 2.05) is 6.92 Å². The Morgan fingerprint density at radius 3 is 2.41 bits per heavy atom. The third kappa shape index (κ3) is 5.67. The molecular weight excluding hydrogens is 368 g/mol. The molecule has 2 rings (SSSR count). The summed E-state index contributed by atoms with van der Waals surface area (Å²) in [5.74, 6) is 0.613. The van der Waals surface area contributed by atoms with Gasteiger partial charge in [0, 0.05) is 26.7 Å². The molecule has 0 atom stereocenters. The average molecular weight is 397 g/mol. The van der Waals surface area contributed by atoms with Gasteiger partial charge in [0.15, 0.2) is 5.96 Å². The second kappa shape index (κ2) is 9.70. The molecule has 8 nitrogen and oxygen atoms in total. The second-order valence-corrected chi connectivity index (χ2v) is 8.15. The molecule has 1 saturated heterocycles. The smallest absolute Gasteiger partial charge is 0.309 e. The van der Waals surface area contributed by atoms with Crippen LogP contribution in [0.3, 0.4) is 0 Å². The Bertz CT molecular complexity index is 754. The fourth-order valence-electron chi connectivity index (χ4n) is 3.00. The van der Waals surface area contributed by atoms with Crippen molar-refractivity contribution in [3.8, 4) is 0 Å². The normalized spacial score (nSPS) is 16.3. The van der Waals surface area contributed by atoms with Gasteiger partial charge in [-0.2, -0.15) is 0 Å². The van der Waals surface area contributed by atoms with Crippen LogP contribution in [0.25, 0.3) is 0 Å². The van der Waals surface area contributed by atoms with E-state index in [1.54, 1.807) is 31.3 Å². The molecule has 0 saturated carbocycles. The molecule has 27 heavy (non-hydrogen) atoms. The third-order valence-corrected chi connectivity index (χ3v) is 6.01. The van der Waals surface area contributed by atoms with Gasteiger partial charge in [0.25, 0.3) is 0 Å². The fourth-order valence-corrected chi connectivity index (χ4v) is 3.73. The van der Waals surface area contributed by atoms with Gasteiger partial charge < -0.3 is 15.0 Å². The summed E-state index contributed by atoms with van der Waals surface area (Å²) in [4.78, 5) is 18.5. The molecule has 1 aromatic rings. The molecule has 0 aliphatic carbocycles. The summed E-state index contributed by atoms with van der Waals surface area (Å²) in [6, 6.07) is 6.71. The quantitative estimate of drug-likeness (QED) is 0.422. The molecule has 0 bridgehead atoms. The van der Waals surface area contributed by atoms with E-state index in [2.05, 4.69) is 19.9 Å². The van der Waals surface area contributed by atoms with Gasteiger partial charge in [0.05, 0.1) is 17.4 Å². The van der Waals surface area contributed by atoms with Crippen LogP contribution in [0, 0.1) is 5.92 Å². The topological polar surface area (TPSA) is 100 Å². The maximum atomic E-state index is 11.8. The first kappa shape index (κ1) is 21.2. The Morgan fingerprint density at radius 1 is 1.26 bits per heavy atom. The van der Waals surface area contributed by atoms with Crippen molar-refractivity contribution in [3.05, 3.63) is 29.8 Å². The van der Waals surface area contributed by atoms with Crippen molar-refractivity contribution in [1.29, 1.82) is 0 Å². The number of benzene rings is 1. The summed E-state index contributed by atoms with van der Waals surface area (Å²) in [6.45, 7) is 4.24. The van der Waals surface area contributed by atoms with Crippen molar-refractivity contribution in [2.75, 3.05) is 33.8 Å². The number of carbonyl (C=O) groups is 1. The molecule has 150 valence electrons. The Labute approximate surface area is 161 Å². The molecule has 0 amide bonds. The summed E-state index contributed by atoms with van der Waals surface area (Å²) in [7, 11) is -0.311. The van der Waals surface area contributed by atoms with Gasteiger partial charge in [0.2, 0.25) is 10.0 Å². The highest BCUT2D eigenvalue weighted by Gasteiger charge is 2.27. The Hall–Kier alpha value is -2.13. The van der Waals surface area contributed by atoms with Crippen molar-refractivity contribution >= 4 is 22.0 Å². The highest BCUT2D eigenvalue weighted by Crippen LogP contribution is 2.19. The second-order valence-electron chi connectivity index (χ2n) is 6.27. The van der Waals surface area contributed by atoms with E-state index in [0.29, 0.717) is 13.2 Å². The zero-order chi connectivity index (χ0) is 19.9. The number of carbonyl (C=O) groups excluding carboxylic acids is 1. The molecular formula is C18H28N4O4S. The number of piperidine rings is 1. The SMILES string of the molecule is CCOC(=O)C1CCN(C(=NC)NCc2ccc(S(=O)(=O)NC)cc2)CC1. The van der Waals surface area contributed by atoms with E-state index in [-0.39, 0.29) is 16.8 Å². The van der Waals surface area contributed by atoms with Crippen LogP contribution in [0.5, 0.6) is 0 Å². The maximum absolute atomic E-state index is 11.8. The Kier molecular flexibility index (Phi) is 7.61. The van der Waals surface area contributed by atoms with Crippen molar-refractivity contribution in [1.82, 2.24) is 14.9 Å². The molecule has 2 N–H and O–H groups in total. The summed E-state index contributed by atoms with van der Waals surface area (Å²) in [6.07, 6.45) is 1.49. The minimum atomic E-state index is -3.42. The number of nitrogens with one attached hydrogen (secondary N) is 2. The van der Waals surface area contributed by atoms with Gasteiger partial charge in [-0.1, -0.05) is 12.1 Å². The van der Waals surface area contributed by atoms with Crippen LogP contribution < -0.4 is 10.0 Å². The van der Waals surface area contributed by atoms with Crippen molar-refractivity contribution in [3.63, 3.8) is 0 Å². The van der Waals surface area contributed by atoms with E-state index >= 15 is 0 Å². The zero-order valence-electron chi connectivity index (χ0n) is 16.1. The van der Waals surface area contributed by atoms with Gasteiger partial charge in [-0.25, -0.2) is 13.1 Å². The molecule has 1 aromatic carbocycles.